The molecule has 0 amide bonds. The van der Waals surface area contributed by atoms with Crippen molar-refractivity contribution in [2.75, 3.05) is 0 Å². The monoisotopic (exact) mass is 277 g/mol. The average molecular weight is 278 g/mol. The van der Waals surface area contributed by atoms with E-state index in [1.165, 1.54) is 12.3 Å². The van der Waals surface area contributed by atoms with Crippen LogP contribution in [0.5, 0.6) is 0 Å². The third-order valence-electron chi connectivity index (χ3n) is 1.89. The van der Waals surface area contributed by atoms with Gasteiger partial charge in [-0.2, -0.15) is 4.99 Å². The molecule has 0 saturated carbocycles. The van der Waals surface area contributed by atoms with Crippen LogP contribution in [-0.2, 0) is 0 Å². The van der Waals surface area contributed by atoms with Crippen molar-refractivity contribution in [3.63, 3.8) is 0 Å². The number of hydrogen-bond donors (Lipinski definition) is 1. The average Bonchev–Trinajstić information content (AvgIpc) is 2.37. The lowest BCUT2D eigenvalue weighted by atomic mass is 10.2. The Balaban J connectivity index is 4.38. The first-order valence-corrected chi connectivity index (χ1v) is 6.49. The molecule has 0 aromatic rings. The minimum atomic E-state index is 0.0140. The second-order valence-corrected chi connectivity index (χ2v) is 4.01. The second-order valence-electron chi connectivity index (χ2n) is 3.68. The first kappa shape index (κ1) is 17.3. The van der Waals surface area contributed by atoms with Crippen molar-refractivity contribution in [3.8, 4) is 0 Å². The molecule has 1 N–H and O–H groups in total. The summed E-state index contributed by atoms with van der Waals surface area (Å²) in [6.07, 6.45) is 14.5. The van der Waals surface area contributed by atoms with Crippen LogP contribution >= 0.6 is 11.6 Å². The zero-order chi connectivity index (χ0) is 14.5. The van der Waals surface area contributed by atoms with Crippen molar-refractivity contribution >= 4 is 28.9 Å². The minimum Gasteiger partial charge on any atom is -0.283 e. The van der Waals surface area contributed by atoms with Crippen molar-refractivity contribution in [1.82, 2.24) is 0 Å². The van der Waals surface area contributed by atoms with Crippen LogP contribution in [0.4, 0.5) is 0 Å². The summed E-state index contributed by atoms with van der Waals surface area (Å²) in [5.74, 6) is 0.0485. The van der Waals surface area contributed by atoms with E-state index < -0.39 is 0 Å². The Kier molecular flexibility index (Phi) is 10.3. The van der Waals surface area contributed by atoms with Gasteiger partial charge in [0.15, 0.2) is 0 Å². The van der Waals surface area contributed by atoms with Crippen molar-refractivity contribution in [1.29, 1.82) is 5.41 Å². The number of nitrogens with one attached hydrogen (secondary N) is 1. The zero-order valence-corrected chi connectivity index (χ0v) is 12.2. The van der Waals surface area contributed by atoms with Crippen LogP contribution in [-0.4, -0.2) is 17.3 Å². The first-order chi connectivity index (χ1) is 9.10. The molecule has 3 nitrogen and oxygen atoms in total. The van der Waals surface area contributed by atoms with Crippen molar-refractivity contribution in [2.24, 2.45) is 9.98 Å². The highest BCUT2D eigenvalue weighted by Crippen LogP contribution is 1.96. The number of allylic oxidation sites excluding steroid dienone is 6. The summed E-state index contributed by atoms with van der Waals surface area (Å²) in [7, 11) is 0. The maximum Gasteiger partial charge on any atom is 0.224 e. The lowest BCUT2D eigenvalue weighted by molar-refractivity contribution is 0.958. The molecule has 19 heavy (non-hydrogen) atoms. The van der Waals surface area contributed by atoms with Gasteiger partial charge >= 0.3 is 0 Å². The molecule has 0 bridgehead atoms. The van der Waals surface area contributed by atoms with E-state index in [2.05, 4.69) is 23.5 Å². The summed E-state index contributed by atoms with van der Waals surface area (Å²) in [5, 5.41) is 7.53. The summed E-state index contributed by atoms with van der Waals surface area (Å²) in [5.41, 5.74) is 0.748. The van der Waals surface area contributed by atoms with Gasteiger partial charge in [0.1, 0.15) is 5.84 Å². The highest BCUT2D eigenvalue weighted by Gasteiger charge is 1.91. The van der Waals surface area contributed by atoms with E-state index in [0.29, 0.717) is 0 Å². The summed E-state index contributed by atoms with van der Waals surface area (Å²) < 4.78 is 0. The van der Waals surface area contributed by atoms with E-state index in [9.17, 15) is 0 Å². The van der Waals surface area contributed by atoms with Gasteiger partial charge in [-0.15, -0.1) is 0 Å². The van der Waals surface area contributed by atoms with Crippen LogP contribution in [0.3, 0.4) is 0 Å². The third-order valence-corrected chi connectivity index (χ3v) is 2.08. The van der Waals surface area contributed by atoms with Gasteiger partial charge in [-0.05, 0) is 36.6 Å². The van der Waals surface area contributed by atoms with E-state index in [-0.39, 0.29) is 11.1 Å². The van der Waals surface area contributed by atoms with Gasteiger partial charge in [0.2, 0.25) is 5.29 Å². The molecule has 0 atom stereocenters. The highest BCUT2D eigenvalue weighted by atomic mass is 35.5. The molecule has 0 aromatic heterocycles. The van der Waals surface area contributed by atoms with Crippen molar-refractivity contribution < 1.29 is 0 Å². The smallest absolute Gasteiger partial charge is 0.224 e. The predicted octanol–water partition coefficient (Wildman–Crippen LogP) is 4.67. The van der Waals surface area contributed by atoms with Crippen molar-refractivity contribution in [3.05, 3.63) is 48.6 Å². The number of nitrogens with zero attached hydrogens (tertiary/aromatic N) is 2. The van der Waals surface area contributed by atoms with E-state index >= 15 is 0 Å². The van der Waals surface area contributed by atoms with Gasteiger partial charge in [0.25, 0.3) is 0 Å². The summed E-state index contributed by atoms with van der Waals surface area (Å²) in [4.78, 5) is 7.72. The Labute approximate surface area is 120 Å². The molecule has 4 heteroatoms. The Morgan fingerprint density at radius 3 is 2.68 bits per heavy atom. The Bertz CT molecular complexity index is 440. The van der Waals surface area contributed by atoms with E-state index in [1.807, 2.05) is 31.2 Å². The largest absolute Gasteiger partial charge is 0.283 e. The molecule has 0 heterocycles. The second kappa shape index (κ2) is 11.4. The van der Waals surface area contributed by atoms with Crippen molar-refractivity contribution in [2.45, 2.75) is 26.7 Å². The van der Waals surface area contributed by atoms with E-state index in [0.717, 1.165) is 18.4 Å². The zero-order valence-electron chi connectivity index (χ0n) is 11.4. The van der Waals surface area contributed by atoms with Gasteiger partial charge < -0.3 is 0 Å². The van der Waals surface area contributed by atoms with Gasteiger partial charge in [0, 0.05) is 6.21 Å². The molecule has 0 spiro atoms. The quantitative estimate of drug-likeness (QED) is 0.317. The van der Waals surface area contributed by atoms with Crippen LogP contribution in [0.2, 0.25) is 0 Å². The topological polar surface area (TPSA) is 48.6 Å². The molecular weight excluding hydrogens is 258 g/mol. The molecule has 0 fully saturated rings. The number of rotatable bonds is 6. The third kappa shape index (κ3) is 11.1. The number of hydrogen-bond acceptors (Lipinski definition) is 1. The summed E-state index contributed by atoms with van der Waals surface area (Å²) in [6.45, 7) is 7.82. The molecule has 102 valence electrons. The molecule has 0 rings (SSSR count). The maximum atomic E-state index is 7.52. The SMILES string of the molecule is C=C(/C=C\CCC)/C=N/C(Cl)=N\C(=N)/C=C/C=C\C. The van der Waals surface area contributed by atoms with Gasteiger partial charge in [-0.25, -0.2) is 4.99 Å². The van der Waals surface area contributed by atoms with Crippen LogP contribution in [0.25, 0.3) is 0 Å². The molecule has 0 radical (unpaired) electrons. The standard InChI is InChI=1S/C15H20ClN3/c1-4-6-8-10-13(3)12-18-15(16)19-14(17)11-9-7-5-2/h5,7-12,17H,3-4,6H2,1-2H3/b7-5-,10-8-,11-9+,17-14?,18-12+,19-15-. The van der Waals surface area contributed by atoms with E-state index in [4.69, 9.17) is 17.0 Å². The molecular formula is C15H20ClN3. The lowest BCUT2D eigenvalue weighted by Crippen LogP contribution is -1.91. The van der Waals surface area contributed by atoms with Gasteiger partial charge in [0.05, 0.1) is 0 Å². The maximum absolute atomic E-state index is 7.52. The highest BCUT2D eigenvalue weighted by molar-refractivity contribution is 6.66. The molecule has 0 aliphatic carbocycles. The molecule has 0 unspecified atom stereocenters. The predicted molar refractivity (Wildman–Crippen MR) is 86.6 cm³/mol. The normalized spacial score (nSPS) is 13.3. The number of unbranched alkanes of at least 4 members (excludes halogenated alkanes) is 1. The number of halogens is 1. The molecule has 0 aromatic carbocycles. The van der Waals surface area contributed by atoms with Gasteiger partial charge in [-0.3, -0.25) is 5.41 Å². The Morgan fingerprint density at radius 1 is 1.32 bits per heavy atom. The van der Waals surface area contributed by atoms with Crippen LogP contribution in [0, 0.1) is 5.41 Å². The summed E-state index contributed by atoms with van der Waals surface area (Å²) in [6, 6.07) is 0. The number of amidine groups is 2. The Hall–Kier alpha value is -1.74. The first-order valence-electron chi connectivity index (χ1n) is 6.11. The van der Waals surface area contributed by atoms with Crippen LogP contribution < -0.4 is 0 Å². The van der Waals surface area contributed by atoms with E-state index in [1.54, 1.807) is 6.08 Å². The molecule has 0 saturated heterocycles. The molecule has 0 aliphatic rings. The Morgan fingerprint density at radius 2 is 2.05 bits per heavy atom. The minimum absolute atomic E-state index is 0.0140. The van der Waals surface area contributed by atoms with Crippen LogP contribution in [0.1, 0.15) is 26.7 Å². The summed E-state index contributed by atoms with van der Waals surface area (Å²) >= 11 is 5.79. The van der Waals surface area contributed by atoms with Crippen LogP contribution in [0.15, 0.2) is 58.6 Å². The van der Waals surface area contributed by atoms with Gasteiger partial charge in [-0.1, -0.05) is 50.3 Å². The molecule has 0 aliphatic heterocycles. The fraction of sp³-hybridized carbons (Fsp3) is 0.267. The fourth-order valence-corrected chi connectivity index (χ4v) is 1.14. The fourth-order valence-electron chi connectivity index (χ4n) is 1.00. The number of aliphatic imine (C=N–C) groups is 2. The lowest BCUT2D eigenvalue weighted by Gasteiger charge is -1.91.